The van der Waals surface area contributed by atoms with Crippen molar-refractivity contribution >= 4 is 0 Å². The van der Waals surface area contributed by atoms with Crippen LogP contribution in [0.15, 0.2) is 24.5 Å². The summed E-state index contributed by atoms with van der Waals surface area (Å²) in [6, 6.07) is 4.10. The van der Waals surface area contributed by atoms with E-state index in [-0.39, 0.29) is 0 Å². The summed E-state index contributed by atoms with van der Waals surface area (Å²) in [4.78, 5) is 4.06. The lowest BCUT2D eigenvalue weighted by molar-refractivity contribution is 0.531. The molecule has 2 aromatic heterocycles. The van der Waals surface area contributed by atoms with Crippen molar-refractivity contribution in [2.45, 2.75) is 38.6 Å². The molecule has 0 fully saturated rings. The maximum atomic E-state index is 5.90. The van der Waals surface area contributed by atoms with Crippen LogP contribution in [0.4, 0.5) is 0 Å². The summed E-state index contributed by atoms with van der Waals surface area (Å²) in [5.41, 5.74) is 11.1. The second-order valence-corrected chi connectivity index (χ2v) is 5.28. The molecule has 0 saturated heterocycles. The third kappa shape index (κ3) is 2.28. The standard InChI is InChI=1S/C15H20N4/c1-11-15-13(9-16)3-2-4-14(15)19(18-11)10-12-5-7-17-8-6-12/h5-8,13H,2-4,9-10,16H2,1H3. The van der Waals surface area contributed by atoms with Crippen LogP contribution in [-0.4, -0.2) is 21.3 Å². The molecule has 3 rings (SSSR count). The average molecular weight is 256 g/mol. The zero-order valence-corrected chi connectivity index (χ0v) is 11.3. The highest BCUT2D eigenvalue weighted by molar-refractivity contribution is 5.33. The minimum atomic E-state index is 0.495. The monoisotopic (exact) mass is 256 g/mol. The third-order valence-electron chi connectivity index (χ3n) is 4.02. The lowest BCUT2D eigenvalue weighted by atomic mass is 9.85. The predicted octanol–water partition coefficient (Wildman–Crippen LogP) is 2.01. The molecule has 1 aliphatic carbocycles. The average Bonchev–Trinajstić information content (AvgIpc) is 2.77. The first-order valence-corrected chi connectivity index (χ1v) is 6.94. The van der Waals surface area contributed by atoms with E-state index in [9.17, 15) is 0 Å². The molecule has 4 heteroatoms. The van der Waals surface area contributed by atoms with Crippen LogP contribution in [0, 0.1) is 6.92 Å². The Labute approximate surface area is 113 Å². The largest absolute Gasteiger partial charge is 0.330 e. The fraction of sp³-hybridized carbons (Fsp3) is 0.467. The van der Waals surface area contributed by atoms with Gasteiger partial charge in [0.25, 0.3) is 0 Å². The Kier molecular flexibility index (Phi) is 3.34. The van der Waals surface area contributed by atoms with E-state index >= 15 is 0 Å². The van der Waals surface area contributed by atoms with Crippen molar-refractivity contribution in [2.24, 2.45) is 5.73 Å². The molecule has 0 saturated carbocycles. The number of aryl methyl sites for hydroxylation is 1. The van der Waals surface area contributed by atoms with Crippen LogP contribution < -0.4 is 5.73 Å². The SMILES string of the molecule is Cc1nn(Cc2ccncc2)c2c1C(CN)CCC2. The van der Waals surface area contributed by atoms with Gasteiger partial charge in [-0.1, -0.05) is 0 Å². The van der Waals surface area contributed by atoms with Gasteiger partial charge in [-0.2, -0.15) is 5.10 Å². The Balaban J connectivity index is 1.95. The maximum absolute atomic E-state index is 5.90. The molecule has 1 atom stereocenters. The molecule has 1 unspecified atom stereocenters. The topological polar surface area (TPSA) is 56.7 Å². The van der Waals surface area contributed by atoms with Crippen LogP contribution in [0.2, 0.25) is 0 Å². The summed E-state index contributed by atoms with van der Waals surface area (Å²) < 4.78 is 2.15. The number of hydrogen-bond donors (Lipinski definition) is 1. The first kappa shape index (κ1) is 12.4. The predicted molar refractivity (Wildman–Crippen MR) is 75.0 cm³/mol. The van der Waals surface area contributed by atoms with E-state index in [2.05, 4.69) is 16.6 Å². The van der Waals surface area contributed by atoms with Crippen molar-refractivity contribution < 1.29 is 0 Å². The number of fused-ring (bicyclic) bond motifs is 1. The second-order valence-electron chi connectivity index (χ2n) is 5.28. The van der Waals surface area contributed by atoms with Gasteiger partial charge in [0.1, 0.15) is 0 Å². The minimum Gasteiger partial charge on any atom is -0.330 e. The molecule has 2 N–H and O–H groups in total. The maximum Gasteiger partial charge on any atom is 0.0663 e. The highest BCUT2D eigenvalue weighted by Crippen LogP contribution is 2.33. The van der Waals surface area contributed by atoms with E-state index in [1.165, 1.54) is 29.7 Å². The lowest BCUT2D eigenvalue weighted by Gasteiger charge is -2.22. The Hall–Kier alpha value is -1.68. The number of aromatic nitrogens is 3. The van der Waals surface area contributed by atoms with Crippen molar-refractivity contribution in [3.05, 3.63) is 47.0 Å². The normalized spacial score (nSPS) is 18.3. The molecule has 2 aromatic rings. The first-order valence-electron chi connectivity index (χ1n) is 6.94. The van der Waals surface area contributed by atoms with Crippen molar-refractivity contribution in [3.8, 4) is 0 Å². The van der Waals surface area contributed by atoms with Crippen LogP contribution in [-0.2, 0) is 13.0 Å². The molecule has 0 radical (unpaired) electrons. The summed E-state index contributed by atoms with van der Waals surface area (Å²) in [5.74, 6) is 0.495. The number of nitrogens with zero attached hydrogens (tertiary/aromatic N) is 3. The zero-order chi connectivity index (χ0) is 13.2. The van der Waals surface area contributed by atoms with Gasteiger partial charge in [-0.25, -0.2) is 0 Å². The van der Waals surface area contributed by atoms with Gasteiger partial charge in [-0.3, -0.25) is 9.67 Å². The van der Waals surface area contributed by atoms with E-state index in [1.54, 1.807) is 0 Å². The van der Waals surface area contributed by atoms with Crippen molar-refractivity contribution in [2.75, 3.05) is 6.54 Å². The van der Waals surface area contributed by atoms with E-state index < -0.39 is 0 Å². The minimum absolute atomic E-state index is 0.495. The van der Waals surface area contributed by atoms with Gasteiger partial charge in [0.05, 0.1) is 12.2 Å². The molecule has 100 valence electrons. The van der Waals surface area contributed by atoms with Gasteiger partial charge < -0.3 is 5.73 Å². The molecule has 19 heavy (non-hydrogen) atoms. The Morgan fingerprint density at radius 3 is 2.89 bits per heavy atom. The molecule has 0 spiro atoms. The molecule has 0 aromatic carbocycles. The molecular weight excluding hydrogens is 236 g/mol. The van der Waals surface area contributed by atoms with Crippen LogP contribution in [0.25, 0.3) is 0 Å². The summed E-state index contributed by atoms with van der Waals surface area (Å²) in [5, 5.41) is 4.73. The van der Waals surface area contributed by atoms with Crippen molar-refractivity contribution in [1.82, 2.24) is 14.8 Å². The fourth-order valence-electron chi connectivity index (χ4n) is 3.13. The Bertz CT molecular complexity index is 559. The molecule has 0 aliphatic heterocycles. The third-order valence-corrected chi connectivity index (χ3v) is 4.02. The number of hydrogen-bond acceptors (Lipinski definition) is 3. The quantitative estimate of drug-likeness (QED) is 0.914. The van der Waals surface area contributed by atoms with Gasteiger partial charge in [0, 0.05) is 23.7 Å². The van der Waals surface area contributed by atoms with Crippen LogP contribution in [0.1, 0.15) is 41.3 Å². The van der Waals surface area contributed by atoms with E-state index in [1.807, 2.05) is 24.5 Å². The number of pyridine rings is 1. The van der Waals surface area contributed by atoms with Gasteiger partial charge in [-0.05, 0) is 56.3 Å². The van der Waals surface area contributed by atoms with Gasteiger partial charge >= 0.3 is 0 Å². The van der Waals surface area contributed by atoms with Gasteiger partial charge in [0.2, 0.25) is 0 Å². The van der Waals surface area contributed by atoms with Crippen molar-refractivity contribution in [3.63, 3.8) is 0 Å². The van der Waals surface area contributed by atoms with Gasteiger partial charge in [-0.15, -0.1) is 0 Å². The summed E-state index contributed by atoms with van der Waals surface area (Å²) >= 11 is 0. The van der Waals surface area contributed by atoms with Crippen molar-refractivity contribution in [1.29, 1.82) is 0 Å². The number of nitrogens with two attached hydrogens (primary N) is 1. The Morgan fingerprint density at radius 2 is 2.16 bits per heavy atom. The number of rotatable bonds is 3. The molecular formula is C15H20N4. The summed E-state index contributed by atoms with van der Waals surface area (Å²) in [6.07, 6.45) is 7.21. The van der Waals surface area contributed by atoms with Crippen LogP contribution >= 0.6 is 0 Å². The smallest absolute Gasteiger partial charge is 0.0663 e. The van der Waals surface area contributed by atoms with E-state index in [0.717, 1.165) is 25.2 Å². The molecule has 1 aliphatic rings. The van der Waals surface area contributed by atoms with E-state index in [0.29, 0.717) is 5.92 Å². The van der Waals surface area contributed by atoms with Crippen LogP contribution in [0.3, 0.4) is 0 Å². The fourth-order valence-corrected chi connectivity index (χ4v) is 3.13. The highest BCUT2D eigenvalue weighted by Gasteiger charge is 2.25. The zero-order valence-electron chi connectivity index (χ0n) is 11.3. The highest BCUT2D eigenvalue weighted by atomic mass is 15.3. The molecule has 0 amide bonds. The molecule has 0 bridgehead atoms. The first-order chi connectivity index (χ1) is 9.29. The van der Waals surface area contributed by atoms with Crippen LogP contribution in [0.5, 0.6) is 0 Å². The van der Waals surface area contributed by atoms with Gasteiger partial charge in [0.15, 0.2) is 0 Å². The molecule has 2 heterocycles. The van der Waals surface area contributed by atoms with E-state index in [4.69, 9.17) is 10.8 Å². The molecule has 4 nitrogen and oxygen atoms in total. The Morgan fingerprint density at radius 1 is 1.37 bits per heavy atom. The lowest BCUT2D eigenvalue weighted by Crippen LogP contribution is -2.19. The summed E-state index contributed by atoms with van der Waals surface area (Å²) in [7, 11) is 0. The second kappa shape index (κ2) is 5.13. The summed E-state index contributed by atoms with van der Waals surface area (Å²) in [6.45, 7) is 3.67.